The van der Waals surface area contributed by atoms with E-state index in [0.29, 0.717) is 17.5 Å². The van der Waals surface area contributed by atoms with E-state index in [1.807, 2.05) is 19.1 Å². The Balaban J connectivity index is 1.41. The van der Waals surface area contributed by atoms with E-state index in [0.717, 1.165) is 37.5 Å². The molecule has 0 spiro atoms. The highest BCUT2D eigenvalue weighted by Gasteiger charge is 2.28. The Morgan fingerprint density at radius 1 is 1.23 bits per heavy atom. The number of benzene rings is 1. The van der Waals surface area contributed by atoms with Gasteiger partial charge in [0.2, 0.25) is 5.89 Å². The Kier molecular flexibility index (Phi) is 4.62. The highest BCUT2D eigenvalue weighted by Crippen LogP contribution is 2.29. The lowest BCUT2D eigenvalue weighted by Gasteiger charge is -2.15. The molecule has 1 unspecified atom stereocenters. The van der Waals surface area contributed by atoms with Gasteiger partial charge >= 0.3 is 0 Å². The fraction of sp³-hybridized carbons (Fsp3) is 0.368. The molecule has 7 nitrogen and oxygen atoms in total. The maximum absolute atomic E-state index is 5.86. The van der Waals surface area contributed by atoms with Crippen LogP contribution in [0.1, 0.15) is 29.5 Å². The smallest absolute Gasteiger partial charge is 0.267 e. The molecule has 2 aromatic heterocycles. The molecule has 3 aromatic rings. The molecule has 1 aromatic carbocycles. The number of aryl methyl sites for hydroxylation is 1. The Morgan fingerprint density at radius 3 is 2.96 bits per heavy atom. The molecule has 1 saturated heterocycles. The molecule has 7 heteroatoms. The van der Waals surface area contributed by atoms with Gasteiger partial charge in [0.25, 0.3) is 5.89 Å². The molecule has 1 atom stereocenters. The van der Waals surface area contributed by atoms with Crippen LogP contribution >= 0.6 is 0 Å². The quantitative estimate of drug-likeness (QED) is 0.699. The van der Waals surface area contributed by atoms with Crippen molar-refractivity contribution < 1.29 is 9.15 Å². The van der Waals surface area contributed by atoms with Crippen LogP contribution in [0.5, 0.6) is 5.75 Å². The third kappa shape index (κ3) is 3.57. The van der Waals surface area contributed by atoms with Gasteiger partial charge in [-0.2, -0.15) is 0 Å². The van der Waals surface area contributed by atoms with Crippen LogP contribution in [0, 0.1) is 6.92 Å². The standard InChI is InChI=1S/C19H21N5O2/c1-13-9-21-17(10-20-13)19-23-22-18(26-19)15-6-7-24(12-15)11-14-4-3-5-16(8-14)25-2/h3-5,8-10,15H,6-7,11-12H2,1-2H3. The first-order chi connectivity index (χ1) is 12.7. The Bertz CT molecular complexity index is 878. The number of hydrogen-bond acceptors (Lipinski definition) is 7. The van der Waals surface area contributed by atoms with Crippen molar-refractivity contribution in [2.24, 2.45) is 0 Å². The number of rotatable bonds is 5. The molecule has 3 heterocycles. The van der Waals surface area contributed by atoms with Crippen LogP contribution in [-0.4, -0.2) is 45.3 Å². The van der Waals surface area contributed by atoms with Crippen molar-refractivity contribution in [2.75, 3.05) is 20.2 Å². The molecular formula is C19H21N5O2. The maximum Gasteiger partial charge on any atom is 0.267 e. The highest BCUT2D eigenvalue weighted by molar-refractivity contribution is 5.43. The van der Waals surface area contributed by atoms with Gasteiger partial charge in [-0.15, -0.1) is 10.2 Å². The van der Waals surface area contributed by atoms with Crippen LogP contribution in [0.2, 0.25) is 0 Å². The van der Waals surface area contributed by atoms with Gasteiger partial charge in [0.15, 0.2) is 0 Å². The van der Waals surface area contributed by atoms with Crippen molar-refractivity contribution in [1.29, 1.82) is 0 Å². The minimum Gasteiger partial charge on any atom is -0.497 e. The molecule has 0 bridgehead atoms. The van der Waals surface area contributed by atoms with Gasteiger partial charge in [-0.1, -0.05) is 12.1 Å². The number of methoxy groups -OCH3 is 1. The zero-order valence-electron chi connectivity index (χ0n) is 14.9. The highest BCUT2D eigenvalue weighted by atomic mass is 16.5. The average molecular weight is 351 g/mol. The lowest BCUT2D eigenvalue weighted by molar-refractivity contribution is 0.319. The summed E-state index contributed by atoms with van der Waals surface area (Å²) in [5.41, 5.74) is 2.71. The SMILES string of the molecule is COc1cccc(CN2CCC(c3nnc(-c4cnc(C)cn4)o3)C2)c1. The van der Waals surface area contributed by atoms with E-state index >= 15 is 0 Å². The van der Waals surface area contributed by atoms with Gasteiger partial charge in [0.05, 0.1) is 24.9 Å². The molecular weight excluding hydrogens is 330 g/mol. The van der Waals surface area contributed by atoms with Crippen molar-refractivity contribution in [1.82, 2.24) is 25.1 Å². The third-order valence-electron chi connectivity index (χ3n) is 4.60. The zero-order chi connectivity index (χ0) is 17.9. The molecule has 26 heavy (non-hydrogen) atoms. The molecule has 1 aliphatic heterocycles. The molecule has 0 amide bonds. The van der Waals surface area contributed by atoms with E-state index in [9.17, 15) is 0 Å². The maximum atomic E-state index is 5.86. The van der Waals surface area contributed by atoms with E-state index in [1.165, 1.54) is 5.56 Å². The van der Waals surface area contributed by atoms with Crippen LogP contribution in [0.25, 0.3) is 11.6 Å². The fourth-order valence-electron chi connectivity index (χ4n) is 3.21. The summed E-state index contributed by atoms with van der Waals surface area (Å²) < 4.78 is 11.2. The van der Waals surface area contributed by atoms with Crippen LogP contribution < -0.4 is 4.74 Å². The van der Waals surface area contributed by atoms with Crippen molar-refractivity contribution >= 4 is 0 Å². The van der Waals surface area contributed by atoms with Crippen molar-refractivity contribution in [3.8, 4) is 17.3 Å². The average Bonchev–Trinajstić information content (AvgIpc) is 3.32. The second-order valence-corrected chi connectivity index (χ2v) is 6.56. The summed E-state index contributed by atoms with van der Waals surface area (Å²) in [4.78, 5) is 10.9. The summed E-state index contributed by atoms with van der Waals surface area (Å²) in [5.74, 6) is 2.24. The molecule has 0 aliphatic carbocycles. The minimum atomic E-state index is 0.250. The lowest BCUT2D eigenvalue weighted by atomic mass is 10.1. The second kappa shape index (κ2) is 7.21. The summed E-state index contributed by atoms with van der Waals surface area (Å²) in [6.45, 7) is 4.69. The van der Waals surface area contributed by atoms with Gasteiger partial charge in [-0.25, -0.2) is 4.98 Å². The number of aromatic nitrogens is 4. The van der Waals surface area contributed by atoms with E-state index in [1.54, 1.807) is 19.5 Å². The molecule has 0 N–H and O–H groups in total. The summed E-state index contributed by atoms with van der Waals surface area (Å²) >= 11 is 0. The third-order valence-corrected chi connectivity index (χ3v) is 4.60. The Labute approximate surface area is 152 Å². The first kappa shape index (κ1) is 16.7. The number of hydrogen-bond donors (Lipinski definition) is 0. The van der Waals surface area contributed by atoms with Crippen LogP contribution in [-0.2, 0) is 6.54 Å². The first-order valence-corrected chi connectivity index (χ1v) is 8.69. The van der Waals surface area contributed by atoms with Crippen molar-refractivity contribution in [3.63, 3.8) is 0 Å². The lowest BCUT2D eigenvalue weighted by Crippen LogP contribution is -2.19. The van der Waals surface area contributed by atoms with Crippen molar-refractivity contribution in [2.45, 2.75) is 25.8 Å². The summed E-state index contributed by atoms with van der Waals surface area (Å²) in [6, 6.07) is 8.18. The topological polar surface area (TPSA) is 77.2 Å². The number of nitrogens with zero attached hydrogens (tertiary/aromatic N) is 5. The molecule has 0 saturated carbocycles. The van der Waals surface area contributed by atoms with E-state index < -0.39 is 0 Å². The fourth-order valence-corrected chi connectivity index (χ4v) is 3.21. The normalized spacial score (nSPS) is 17.5. The Morgan fingerprint density at radius 2 is 2.15 bits per heavy atom. The molecule has 1 aliphatic rings. The van der Waals surface area contributed by atoms with Gasteiger partial charge < -0.3 is 9.15 Å². The predicted octanol–water partition coefficient (Wildman–Crippen LogP) is 2.83. The van der Waals surface area contributed by atoms with E-state index in [2.05, 4.69) is 37.2 Å². The number of ether oxygens (including phenoxy) is 1. The molecule has 1 fully saturated rings. The van der Waals surface area contributed by atoms with Crippen LogP contribution in [0.4, 0.5) is 0 Å². The Hall–Kier alpha value is -2.80. The monoisotopic (exact) mass is 351 g/mol. The van der Waals surface area contributed by atoms with Crippen LogP contribution in [0.3, 0.4) is 0 Å². The number of likely N-dealkylation sites (tertiary alicyclic amines) is 1. The molecule has 4 rings (SSSR count). The van der Waals surface area contributed by atoms with Gasteiger partial charge in [-0.05, 0) is 37.6 Å². The van der Waals surface area contributed by atoms with Gasteiger partial charge in [0, 0.05) is 19.3 Å². The zero-order valence-corrected chi connectivity index (χ0v) is 14.9. The predicted molar refractivity (Wildman–Crippen MR) is 95.7 cm³/mol. The van der Waals surface area contributed by atoms with Crippen LogP contribution in [0.15, 0.2) is 41.1 Å². The summed E-state index contributed by atoms with van der Waals surface area (Å²) in [6.07, 6.45) is 4.37. The van der Waals surface area contributed by atoms with Crippen molar-refractivity contribution in [3.05, 3.63) is 53.8 Å². The minimum absolute atomic E-state index is 0.250. The summed E-state index contributed by atoms with van der Waals surface area (Å²) in [7, 11) is 1.69. The van der Waals surface area contributed by atoms with E-state index in [-0.39, 0.29) is 5.92 Å². The molecule has 0 radical (unpaired) electrons. The van der Waals surface area contributed by atoms with Gasteiger partial charge in [-0.3, -0.25) is 9.88 Å². The summed E-state index contributed by atoms with van der Waals surface area (Å²) in [5, 5.41) is 8.37. The van der Waals surface area contributed by atoms with Gasteiger partial charge in [0.1, 0.15) is 11.4 Å². The molecule has 134 valence electrons. The first-order valence-electron chi connectivity index (χ1n) is 8.69. The second-order valence-electron chi connectivity index (χ2n) is 6.56. The van der Waals surface area contributed by atoms with E-state index in [4.69, 9.17) is 9.15 Å². The largest absolute Gasteiger partial charge is 0.497 e.